The number of nitro groups is 1. The van der Waals surface area contributed by atoms with Crippen molar-refractivity contribution in [3.8, 4) is 0 Å². The van der Waals surface area contributed by atoms with Crippen LogP contribution < -0.4 is 10.6 Å². The molecule has 0 saturated heterocycles. The molecule has 1 saturated carbocycles. The zero-order chi connectivity index (χ0) is 20.0. The van der Waals surface area contributed by atoms with Crippen LogP contribution in [0.1, 0.15) is 43.0 Å². The number of nitro benzene ring substituents is 1. The SMILES string of the molecule is C[C@H](OC(=O)CNC(=O)c1ccc(Cl)c([N+](=O)[O-])c1)C(=O)NC1CCCC1. The monoisotopic (exact) mass is 397 g/mol. The topological polar surface area (TPSA) is 128 Å². The molecule has 2 amide bonds. The van der Waals surface area contributed by atoms with E-state index in [1.54, 1.807) is 0 Å². The quantitative estimate of drug-likeness (QED) is 0.411. The maximum atomic E-state index is 12.0. The Hall–Kier alpha value is -2.68. The van der Waals surface area contributed by atoms with Crippen molar-refractivity contribution in [3.05, 3.63) is 38.9 Å². The van der Waals surface area contributed by atoms with Crippen LogP contribution in [0.3, 0.4) is 0 Å². The van der Waals surface area contributed by atoms with Crippen LogP contribution in [0.25, 0.3) is 0 Å². The molecule has 0 unspecified atom stereocenters. The second kappa shape index (κ2) is 9.31. The lowest BCUT2D eigenvalue weighted by Gasteiger charge is -2.17. The van der Waals surface area contributed by atoms with Gasteiger partial charge in [-0.3, -0.25) is 24.5 Å². The van der Waals surface area contributed by atoms with Gasteiger partial charge < -0.3 is 15.4 Å². The lowest BCUT2D eigenvalue weighted by molar-refractivity contribution is -0.384. The number of carbonyl (C=O) groups is 3. The molecule has 0 heterocycles. The molecule has 0 spiro atoms. The van der Waals surface area contributed by atoms with E-state index < -0.39 is 35.1 Å². The normalized spacial score (nSPS) is 15.0. The van der Waals surface area contributed by atoms with Crippen molar-refractivity contribution in [2.45, 2.75) is 44.8 Å². The van der Waals surface area contributed by atoms with Crippen molar-refractivity contribution >= 4 is 35.1 Å². The number of ether oxygens (including phenoxy) is 1. The van der Waals surface area contributed by atoms with Crippen LogP contribution >= 0.6 is 11.6 Å². The molecule has 1 fully saturated rings. The number of nitrogens with zero attached hydrogens (tertiary/aromatic N) is 1. The first kappa shape index (κ1) is 20.6. The van der Waals surface area contributed by atoms with Gasteiger partial charge in [-0.2, -0.15) is 0 Å². The number of halogens is 1. The molecule has 27 heavy (non-hydrogen) atoms. The van der Waals surface area contributed by atoms with Crippen molar-refractivity contribution < 1.29 is 24.0 Å². The molecule has 1 aromatic carbocycles. The van der Waals surface area contributed by atoms with Crippen LogP contribution in [0.2, 0.25) is 5.02 Å². The predicted molar refractivity (Wildman–Crippen MR) is 96.4 cm³/mol. The van der Waals surface area contributed by atoms with Gasteiger partial charge in [0, 0.05) is 17.7 Å². The van der Waals surface area contributed by atoms with E-state index in [4.69, 9.17) is 16.3 Å². The van der Waals surface area contributed by atoms with Crippen LogP contribution in [0.15, 0.2) is 18.2 Å². The summed E-state index contributed by atoms with van der Waals surface area (Å²) >= 11 is 5.69. The molecule has 1 aliphatic carbocycles. The van der Waals surface area contributed by atoms with Gasteiger partial charge in [0.1, 0.15) is 11.6 Å². The summed E-state index contributed by atoms with van der Waals surface area (Å²) in [7, 11) is 0. The van der Waals surface area contributed by atoms with Gasteiger partial charge in [-0.15, -0.1) is 0 Å². The highest BCUT2D eigenvalue weighted by Crippen LogP contribution is 2.25. The van der Waals surface area contributed by atoms with Gasteiger partial charge in [0.25, 0.3) is 17.5 Å². The number of hydrogen-bond acceptors (Lipinski definition) is 6. The summed E-state index contributed by atoms with van der Waals surface area (Å²) in [5.74, 6) is -1.87. The molecule has 0 aliphatic heterocycles. The highest BCUT2D eigenvalue weighted by atomic mass is 35.5. The molecule has 9 nitrogen and oxygen atoms in total. The van der Waals surface area contributed by atoms with Gasteiger partial charge >= 0.3 is 5.97 Å². The fourth-order valence-electron chi connectivity index (χ4n) is 2.73. The zero-order valence-electron chi connectivity index (χ0n) is 14.7. The number of nitrogens with one attached hydrogen (secondary N) is 2. The number of hydrogen-bond donors (Lipinski definition) is 2. The largest absolute Gasteiger partial charge is 0.451 e. The Bertz CT molecular complexity index is 748. The Morgan fingerprint density at radius 3 is 2.63 bits per heavy atom. The first-order chi connectivity index (χ1) is 12.8. The third-order valence-electron chi connectivity index (χ3n) is 4.18. The lowest BCUT2D eigenvalue weighted by Crippen LogP contribution is -2.42. The summed E-state index contributed by atoms with van der Waals surface area (Å²) in [6, 6.07) is 3.65. The number of carbonyl (C=O) groups excluding carboxylic acids is 3. The van der Waals surface area contributed by atoms with Gasteiger partial charge in [0.05, 0.1) is 4.92 Å². The van der Waals surface area contributed by atoms with E-state index >= 15 is 0 Å². The second-order valence-electron chi connectivity index (χ2n) is 6.23. The number of benzene rings is 1. The van der Waals surface area contributed by atoms with Crippen LogP contribution in [0.4, 0.5) is 5.69 Å². The first-order valence-electron chi connectivity index (χ1n) is 8.50. The molecule has 2 rings (SSSR count). The van der Waals surface area contributed by atoms with E-state index in [1.165, 1.54) is 19.1 Å². The van der Waals surface area contributed by atoms with Crippen molar-refractivity contribution in [1.82, 2.24) is 10.6 Å². The summed E-state index contributed by atoms with van der Waals surface area (Å²) in [6.07, 6.45) is 2.97. The van der Waals surface area contributed by atoms with Crippen molar-refractivity contribution in [2.75, 3.05) is 6.54 Å². The Kier molecular flexibility index (Phi) is 7.12. The summed E-state index contributed by atoms with van der Waals surface area (Å²) in [4.78, 5) is 45.9. The standard InChI is InChI=1S/C17H20ClN3O6/c1-10(16(23)20-12-4-2-3-5-12)27-15(22)9-19-17(24)11-6-7-13(18)14(8-11)21(25)26/h6-8,10,12H,2-5,9H2,1H3,(H,19,24)(H,20,23)/t10-/m0/s1. The fraction of sp³-hybridized carbons (Fsp3) is 0.471. The Labute approximate surface area is 160 Å². The minimum atomic E-state index is -0.980. The van der Waals surface area contributed by atoms with Gasteiger partial charge in [-0.1, -0.05) is 24.4 Å². The molecule has 1 atom stereocenters. The van der Waals surface area contributed by atoms with Crippen LogP contribution in [-0.2, 0) is 14.3 Å². The lowest BCUT2D eigenvalue weighted by atomic mass is 10.2. The maximum Gasteiger partial charge on any atom is 0.326 e. The molecule has 10 heteroatoms. The highest BCUT2D eigenvalue weighted by molar-refractivity contribution is 6.32. The number of esters is 1. The van der Waals surface area contributed by atoms with Crippen LogP contribution in [-0.4, -0.2) is 41.4 Å². The van der Waals surface area contributed by atoms with E-state index in [1.807, 2.05) is 0 Å². The van der Waals surface area contributed by atoms with E-state index in [9.17, 15) is 24.5 Å². The summed E-state index contributed by atoms with van der Waals surface area (Å²) in [5.41, 5.74) is -0.435. The van der Waals surface area contributed by atoms with Crippen molar-refractivity contribution in [2.24, 2.45) is 0 Å². The smallest absolute Gasteiger partial charge is 0.326 e. The first-order valence-corrected chi connectivity index (χ1v) is 8.87. The average molecular weight is 398 g/mol. The van der Waals surface area contributed by atoms with E-state index in [-0.39, 0.29) is 22.5 Å². The van der Waals surface area contributed by atoms with Crippen LogP contribution in [0.5, 0.6) is 0 Å². The highest BCUT2D eigenvalue weighted by Gasteiger charge is 2.23. The van der Waals surface area contributed by atoms with Gasteiger partial charge in [-0.25, -0.2) is 0 Å². The Morgan fingerprint density at radius 1 is 1.33 bits per heavy atom. The molecule has 0 bridgehead atoms. The predicted octanol–water partition coefficient (Wildman–Crippen LogP) is 1.97. The van der Waals surface area contributed by atoms with Gasteiger partial charge in [0.15, 0.2) is 6.10 Å². The number of rotatable bonds is 7. The van der Waals surface area contributed by atoms with Crippen molar-refractivity contribution in [3.63, 3.8) is 0 Å². The molecule has 1 aromatic rings. The molecule has 0 aromatic heterocycles. The van der Waals surface area contributed by atoms with Gasteiger partial charge in [-0.05, 0) is 31.9 Å². The maximum absolute atomic E-state index is 12.0. The van der Waals surface area contributed by atoms with E-state index in [2.05, 4.69) is 10.6 Å². The molecular weight excluding hydrogens is 378 g/mol. The third-order valence-corrected chi connectivity index (χ3v) is 4.50. The van der Waals surface area contributed by atoms with Gasteiger partial charge in [0.2, 0.25) is 0 Å². The zero-order valence-corrected chi connectivity index (χ0v) is 15.5. The molecule has 2 N–H and O–H groups in total. The molecule has 0 radical (unpaired) electrons. The average Bonchev–Trinajstić information content (AvgIpc) is 3.12. The van der Waals surface area contributed by atoms with E-state index in [0.29, 0.717) is 0 Å². The molecular formula is C17H20ClN3O6. The summed E-state index contributed by atoms with van der Waals surface area (Å²) in [6.45, 7) is 0.975. The Morgan fingerprint density at radius 2 is 2.00 bits per heavy atom. The van der Waals surface area contributed by atoms with E-state index in [0.717, 1.165) is 31.7 Å². The minimum Gasteiger partial charge on any atom is -0.451 e. The summed E-state index contributed by atoms with van der Waals surface area (Å²) in [5, 5.41) is 15.9. The number of amides is 2. The third kappa shape index (κ3) is 5.92. The second-order valence-corrected chi connectivity index (χ2v) is 6.64. The minimum absolute atomic E-state index is 0.0223. The fourth-order valence-corrected chi connectivity index (χ4v) is 2.92. The molecule has 1 aliphatic rings. The van der Waals surface area contributed by atoms with Crippen LogP contribution in [0, 0.1) is 10.1 Å². The Balaban J connectivity index is 1.82. The molecule has 146 valence electrons. The van der Waals surface area contributed by atoms with Crippen molar-refractivity contribution in [1.29, 1.82) is 0 Å². The summed E-state index contributed by atoms with van der Waals surface area (Å²) < 4.78 is 4.99.